The number of amides is 2. The molecule has 0 bridgehead atoms. The molecule has 0 spiro atoms. The molecule has 0 saturated carbocycles. The van der Waals surface area contributed by atoms with Gasteiger partial charge in [-0.1, -0.05) is 27.7 Å². The first-order chi connectivity index (χ1) is 18.6. The molecule has 2 atom stereocenters. The minimum Gasteiger partial charge on any atom is -0.485 e. The van der Waals surface area contributed by atoms with E-state index in [1.54, 1.807) is 25.9 Å². The fraction of sp³-hybridized carbons (Fsp3) is 0.679. The predicted molar refractivity (Wildman–Crippen MR) is 143 cm³/mol. The van der Waals surface area contributed by atoms with Crippen molar-refractivity contribution in [3.8, 4) is 5.75 Å². The van der Waals surface area contributed by atoms with Crippen LogP contribution in [0.2, 0.25) is 0 Å². The Morgan fingerprint density at radius 1 is 1.10 bits per heavy atom. The maximum atomic E-state index is 13.7. The van der Waals surface area contributed by atoms with Crippen LogP contribution in [0.25, 0.3) is 0 Å². The highest BCUT2D eigenvalue weighted by Gasteiger charge is 2.31. The van der Waals surface area contributed by atoms with Gasteiger partial charge in [0.05, 0.1) is 11.6 Å². The number of aliphatic hydroxyl groups is 1. The minimum atomic E-state index is -1.77. The van der Waals surface area contributed by atoms with Gasteiger partial charge in [-0.2, -0.15) is 8.78 Å². The summed E-state index contributed by atoms with van der Waals surface area (Å²) in [6.45, 7) is 13.6. The van der Waals surface area contributed by atoms with Gasteiger partial charge in [-0.05, 0) is 33.6 Å². The van der Waals surface area contributed by atoms with Crippen molar-refractivity contribution in [2.45, 2.75) is 85.5 Å². The van der Waals surface area contributed by atoms with E-state index in [1.165, 1.54) is 0 Å². The van der Waals surface area contributed by atoms with Gasteiger partial charge in [-0.3, -0.25) is 9.59 Å². The molecule has 8 nitrogen and oxygen atoms in total. The molecule has 2 unspecified atom stereocenters. The molecule has 2 N–H and O–H groups in total. The highest BCUT2D eigenvalue weighted by molar-refractivity contribution is 5.81. The van der Waals surface area contributed by atoms with Gasteiger partial charge in [0.15, 0.2) is 17.4 Å². The number of ether oxygens (including phenoxy) is 2. The summed E-state index contributed by atoms with van der Waals surface area (Å²) in [6.07, 6.45) is -0.713. The van der Waals surface area contributed by atoms with Crippen LogP contribution in [-0.4, -0.2) is 72.7 Å². The molecule has 0 aromatic heterocycles. The summed E-state index contributed by atoms with van der Waals surface area (Å²) in [5.74, 6) is -9.31. The van der Waals surface area contributed by atoms with Crippen molar-refractivity contribution < 1.29 is 46.5 Å². The van der Waals surface area contributed by atoms with Crippen LogP contribution in [0, 0.1) is 35.1 Å². The zero-order valence-corrected chi connectivity index (χ0v) is 24.7. The average Bonchev–Trinajstić information content (AvgIpc) is 2.92. The third kappa shape index (κ3) is 12.2. The Morgan fingerprint density at radius 3 is 1.98 bits per heavy atom. The lowest BCUT2D eigenvalue weighted by Gasteiger charge is -2.33. The van der Waals surface area contributed by atoms with Gasteiger partial charge in [0, 0.05) is 44.5 Å². The van der Waals surface area contributed by atoms with Crippen molar-refractivity contribution in [2.75, 3.05) is 26.8 Å². The van der Waals surface area contributed by atoms with Crippen LogP contribution in [0.5, 0.6) is 5.75 Å². The molecule has 1 aliphatic rings. The van der Waals surface area contributed by atoms with Crippen LogP contribution in [0.15, 0.2) is 6.07 Å². The van der Waals surface area contributed by atoms with E-state index < -0.39 is 59.6 Å². The lowest BCUT2D eigenvalue weighted by molar-refractivity contribution is -0.138. The Balaban J connectivity index is 0.00000168. The Morgan fingerprint density at radius 2 is 1.57 bits per heavy atom. The molecule has 1 heterocycles. The second kappa shape index (κ2) is 17.9. The largest absolute Gasteiger partial charge is 0.485 e. The normalized spacial score (nSPS) is 15.2. The minimum absolute atomic E-state index is 0.0106. The fourth-order valence-electron chi connectivity index (χ4n) is 3.41. The summed E-state index contributed by atoms with van der Waals surface area (Å²) in [7, 11) is 1.71. The number of likely N-dealkylation sites (tertiary alicyclic amines) is 1. The number of carbonyl (C=O) groups excluding carboxylic acids is 3. The van der Waals surface area contributed by atoms with Crippen molar-refractivity contribution in [3.05, 3.63) is 29.3 Å². The summed E-state index contributed by atoms with van der Waals surface area (Å²) in [5.41, 5.74) is 0.0417. The molecule has 230 valence electrons. The smallest absolute Gasteiger partial charge is 0.225 e. The highest BCUT2D eigenvalue weighted by Crippen LogP contribution is 2.27. The van der Waals surface area contributed by atoms with Gasteiger partial charge in [-0.25, -0.2) is 8.78 Å². The van der Waals surface area contributed by atoms with Crippen molar-refractivity contribution in [2.24, 2.45) is 11.8 Å². The van der Waals surface area contributed by atoms with E-state index in [9.17, 15) is 37.1 Å². The monoisotopic (exact) mass is 580 g/mol. The molecule has 1 aromatic rings. The number of rotatable bonds is 9. The van der Waals surface area contributed by atoms with Crippen LogP contribution in [-0.2, 0) is 19.1 Å². The number of nitrogens with zero attached hydrogens (tertiary/aromatic N) is 1. The molecule has 0 aliphatic carbocycles. The standard InChI is InChI=1S/C21H26F4N2O5.C5H12O.C2H6/c1-11(2)21(31)27-6-3-12(4-7-27)20(30)26-15(5-8-28)16(29)10-32-19-17(24)13(22)9-14(23)18(19)25;1-5(2,3)6-4;1-2/h8-9,11-12,15-16,29H,3-7,10H2,1-2H3,(H,26,30);1-4H3;1-2H3. The number of aliphatic hydroxyl groups excluding tert-OH is 1. The van der Waals surface area contributed by atoms with Gasteiger partial charge in [-0.15, -0.1) is 0 Å². The summed E-state index contributed by atoms with van der Waals surface area (Å²) in [6, 6.07) is -1.14. The zero-order chi connectivity index (χ0) is 31.2. The first-order valence-electron chi connectivity index (χ1n) is 13.3. The maximum absolute atomic E-state index is 13.7. The van der Waals surface area contributed by atoms with E-state index in [0.717, 1.165) is 0 Å². The zero-order valence-electron chi connectivity index (χ0n) is 24.7. The van der Waals surface area contributed by atoms with E-state index >= 15 is 0 Å². The quantitative estimate of drug-likeness (QED) is 0.255. The molecule has 2 rings (SSSR count). The molecular formula is C28H44F4N2O6. The van der Waals surface area contributed by atoms with Gasteiger partial charge >= 0.3 is 0 Å². The molecule has 0 radical (unpaired) electrons. The first-order valence-corrected chi connectivity index (χ1v) is 13.3. The number of halogens is 4. The van der Waals surface area contributed by atoms with Crippen LogP contribution in [0.1, 0.15) is 67.7 Å². The molecule has 1 aliphatic heterocycles. The van der Waals surface area contributed by atoms with Crippen LogP contribution in [0.3, 0.4) is 0 Å². The Kier molecular flexibility index (Phi) is 16.6. The van der Waals surface area contributed by atoms with Crippen molar-refractivity contribution in [1.82, 2.24) is 10.2 Å². The van der Waals surface area contributed by atoms with Gasteiger partial charge in [0.1, 0.15) is 19.0 Å². The number of methoxy groups -OCH3 is 1. The maximum Gasteiger partial charge on any atom is 0.225 e. The van der Waals surface area contributed by atoms with E-state index in [1.807, 2.05) is 34.6 Å². The van der Waals surface area contributed by atoms with Gasteiger partial charge < -0.3 is 29.6 Å². The molecule has 1 aromatic carbocycles. The number of carbonyl (C=O) groups is 3. The fourth-order valence-corrected chi connectivity index (χ4v) is 3.41. The molecule has 2 amide bonds. The van der Waals surface area contributed by atoms with Crippen molar-refractivity contribution in [3.63, 3.8) is 0 Å². The third-order valence-corrected chi connectivity index (χ3v) is 5.90. The SMILES string of the molecule is CC.CC(C)C(=O)N1CCC(C(=O)NC(CC=O)C(O)COc2c(F)c(F)cc(F)c2F)CC1.COC(C)(C)C. The van der Waals surface area contributed by atoms with Gasteiger partial charge in [0.25, 0.3) is 0 Å². The van der Waals surface area contributed by atoms with Crippen molar-refractivity contribution >= 4 is 18.1 Å². The molecule has 1 fully saturated rings. The van der Waals surface area contributed by atoms with Crippen LogP contribution >= 0.6 is 0 Å². The topological polar surface area (TPSA) is 105 Å². The third-order valence-electron chi connectivity index (χ3n) is 5.90. The van der Waals surface area contributed by atoms with Crippen molar-refractivity contribution in [1.29, 1.82) is 0 Å². The molecular weight excluding hydrogens is 536 g/mol. The summed E-state index contributed by atoms with van der Waals surface area (Å²) in [4.78, 5) is 37.2. The molecule has 1 saturated heterocycles. The van der Waals surface area contributed by atoms with E-state index in [0.29, 0.717) is 32.2 Å². The molecule has 40 heavy (non-hydrogen) atoms. The van der Waals surface area contributed by atoms with E-state index in [4.69, 9.17) is 9.47 Å². The van der Waals surface area contributed by atoms with E-state index in [2.05, 4.69) is 5.32 Å². The molecule has 12 heteroatoms. The van der Waals surface area contributed by atoms with Crippen LogP contribution in [0.4, 0.5) is 17.6 Å². The predicted octanol–water partition coefficient (Wildman–Crippen LogP) is 4.41. The second-order valence-corrected chi connectivity index (χ2v) is 10.3. The Labute approximate surface area is 234 Å². The summed E-state index contributed by atoms with van der Waals surface area (Å²) >= 11 is 0. The summed E-state index contributed by atoms with van der Waals surface area (Å²) in [5, 5.41) is 12.8. The van der Waals surface area contributed by atoms with Crippen LogP contribution < -0.4 is 10.1 Å². The second-order valence-electron chi connectivity index (χ2n) is 10.3. The number of hydrogen-bond acceptors (Lipinski definition) is 6. The number of piperidine rings is 1. The number of hydrogen-bond donors (Lipinski definition) is 2. The lowest BCUT2D eigenvalue weighted by atomic mass is 9.94. The first kappa shape index (κ1) is 37.3. The lowest BCUT2D eigenvalue weighted by Crippen LogP contribution is -2.50. The highest BCUT2D eigenvalue weighted by atomic mass is 19.2. The van der Waals surface area contributed by atoms with E-state index in [-0.39, 0.29) is 29.9 Å². The summed E-state index contributed by atoms with van der Waals surface area (Å²) < 4.78 is 63.6. The Bertz CT molecular complexity index is 921. The number of benzene rings is 1. The number of aldehydes is 1. The number of nitrogens with one attached hydrogen (secondary N) is 1. The average molecular weight is 581 g/mol. The Hall–Kier alpha value is -2.73. The van der Waals surface area contributed by atoms with Gasteiger partial charge in [0.2, 0.25) is 23.4 Å².